The Morgan fingerprint density at radius 2 is 1.87 bits per heavy atom. The van der Waals surface area contributed by atoms with E-state index in [1.54, 1.807) is 27.0 Å². The first-order valence-corrected chi connectivity index (χ1v) is 11.0. The molecule has 4 heterocycles. The smallest absolute Gasteiger partial charge is 0.371 e. The lowest BCUT2D eigenvalue weighted by Crippen LogP contribution is -2.30. The van der Waals surface area contributed by atoms with Crippen molar-refractivity contribution in [3.05, 3.63) is 60.2 Å². The van der Waals surface area contributed by atoms with Crippen LogP contribution in [0.25, 0.3) is 11.3 Å². The van der Waals surface area contributed by atoms with E-state index in [0.717, 1.165) is 12.4 Å². The molecule has 2 amide bonds. The van der Waals surface area contributed by atoms with E-state index in [-0.39, 0.29) is 35.1 Å². The summed E-state index contributed by atoms with van der Waals surface area (Å²) >= 11 is 0. The van der Waals surface area contributed by atoms with Crippen LogP contribution < -0.4 is 16.0 Å². The van der Waals surface area contributed by atoms with Gasteiger partial charge in [0, 0.05) is 31.1 Å². The number of amides is 2. The molecule has 4 aromatic heterocycles. The molecular weight excluding hydrogens is 509 g/mol. The van der Waals surface area contributed by atoms with E-state index in [1.807, 2.05) is 0 Å². The van der Waals surface area contributed by atoms with Crippen LogP contribution in [0.3, 0.4) is 0 Å². The average molecular weight is 530 g/mol. The molecule has 0 bridgehead atoms. The van der Waals surface area contributed by atoms with Crippen molar-refractivity contribution in [1.82, 2.24) is 40.0 Å². The topological polar surface area (TPSA) is 166 Å². The second kappa shape index (κ2) is 10.6. The van der Waals surface area contributed by atoms with Gasteiger partial charge in [0.05, 0.1) is 31.0 Å². The molecule has 0 aliphatic heterocycles. The second-order valence-corrected chi connectivity index (χ2v) is 7.96. The molecule has 3 N–H and O–H groups in total. The molecule has 0 saturated carbocycles. The van der Waals surface area contributed by atoms with E-state index in [1.165, 1.54) is 23.3 Å². The molecule has 4 aromatic rings. The highest BCUT2D eigenvalue weighted by atomic mass is 19.4. The highest BCUT2D eigenvalue weighted by Gasteiger charge is 2.34. The number of aryl methyl sites for hydroxylation is 1. The Labute approximate surface area is 212 Å². The van der Waals surface area contributed by atoms with Crippen molar-refractivity contribution < 1.29 is 27.3 Å². The van der Waals surface area contributed by atoms with Crippen LogP contribution in [0.4, 0.5) is 24.8 Å². The largest absolute Gasteiger partial charge is 0.451 e. The molecule has 16 heteroatoms. The highest BCUT2D eigenvalue weighted by Crippen LogP contribution is 2.27. The van der Waals surface area contributed by atoms with Gasteiger partial charge in [-0.3, -0.25) is 14.6 Å². The van der Waals surface area contributed by atoms with Crippen LogP contribution >= 0.6 is 0 Å². The van der Waals surface area contributed by atoms with Gasteiger partial charge in [-0.2, -0.15) is 13.2 Å². The Kier molecular flexibility index (Phi) is 7.31. The summed E-state index contributed by atoms with van der Waals surface area (Å²) < 4.78 is 44.6. The number of nitrogens with zero attached hydrogens (tertiary/aromatic N) is 7. The quantitative estimate of drug-likeness (QED) is 0.308. The Bertz CT molecular complexity index is 1450. The summed E-state index contributed by atoms with van der Waals surface area (Å²) in [5.74, 6) is -1.47. The Balaban J connectivity index is 1.49. The third kappa shape index (κ3) is 5.74. The summed E-state index contributed by atoms with van der Waals surface area (Å²) in [6.07, 6.45) is 1.14. The van der Waals surface area contributed by atoms with E-state index in [4.69, 9.17) is 4.52 Å². The molecule has 13 nitrogen and oxygen atoms in total. The number of nitrogens with one attached hydrogen (secondary N) is 3. The molecule has 0 saturated heterocycles. The van der Waals surface area contributed by atoms with Crippen molar-refractivity contribution >= 4 is 23.5 Å². The van der Waals surface area contributed by atoms with Gasteiger partial charge in [-0.15, -0.1) is 0 Å². The molecule has 0 aliphatic rings. The molecule has 0 unspecified atom stereocenters. The van der Waals surface area contributed by atoms with Crippen molar-refractivity contribution in [2.75, 3.05) is 17.7 Å². The lowest BCUT2D eigenvalue weighted by atomic mass is 10.2. The van der Waals surface area contributed by atoms with Crippen molar-refractivity contribution in [2.45, 2.75) is 32.6 Å². The Morgan fingerprint density at radius 3 is 2.50 bits per heavy atom. The molecule has 0 aromatic carbocycles. The van der Waals surface area contributed by atoms with Crippen LogP contribution in [0.15, 0.2) is 41.7 Å². The summed E-state index contributed by atoms with van der Waals surface area (Å²) in [5.41, 5.74) is 0.948. The predicted molar refractivity (Wildman–Crippen MR) is 126 cm³/mol. The number of rotatable bonds is 8. The second-order valence-electron chi connectivity index (χ2n) is 7.96. The van der Waals surface area contributed by atoms with Gasteiger partial charge in [0.15, 0.2) is 17.3 Å². The number of hydrogen-bond acceptors (Lipinski definition) is 10. The zero-order valence-corrected chi connectivity index (χ0v) is 20.2. The van der Waals surface area contributed by atoms with Crippen molar-refractivity contribution in [2.24, 2.45) is 0 Å². The predicted octanol–water partition coefficient (Wildman–Crippen LogP) is 2.62. The van der Waals surface area contributed by atoms with Gasteiger partial charge in [0.2, 0.25) is 11.7 Å². The number of imidazole rings is 1. The molecule has 0 aliphatic carbocycles. The average Bonchev–Trinajstić information content (AvgIpc) is 3.52. The Hall–Kier alpha value is -4.89. The van der Waals surface area contributed by atoms with Crippen LogP contribution in [0.1, 0.15) is 40.7 Å². The third-order valence-electron chi connectivity index (χ3n) is 5.24. The molecular formula is C22H21F3N10O3. The Morgan fingerprint density at radius 1 is 1.13 bits per heavy atom. The molecule has 0 spiro atoms. The van der Waals surface area contributed by atoms with Crippen LogP contribution in [0.5, 0.6) is 0 Å². The maximum Gasteiger partial charge on any atom is 0.451 e. The summed E-state index contributed by atoms with van der Waals surface area (Å²) in [5, 5.41) is 11.9. The van der Waals surface area contributed by atoms with E-state index in [0.29, 0.717) is 11.5 Å². The SMILES string of the molecule is CNc1ncn([C@@H](C)C(=O)Nc2cncc(-c3cnc(C(F)(F)F)nc3)n2)c1C(=O)NCc1cc(C)on1. The van der Waals surface area contributed by atoms with E-state index in [2.05, 4.69) is 46.0 Å². The number of aromatic nitrogens is 7. The number of halogens is 3. The maximum atomic E-state index is 13.0. The van der Waals surface area contributed by atoms with E-state index >= 15 is 0 Å². The first kappa shape index (κ1) is 26.2. The number of alkyl halides is 3. The van der Waals surface area contributed by atoms with E-state index < -0.39 is 29.9 Å². The van der Waals surface area contributed by atoms with Gasteiger partial charge >= 0.3 is 6.18 Å². The standard InChI is InChI=1S/C22H21F3N10O3/c1-11-4-14(34-38-11)7-28-20(37)17-18(26-3)31-10-35(17)12(2)19(36)33-16-9-27-8-15(32-16)13-5-29-21(30-6-13)22(23,24)25/h4-6,8-10,12,26H,7H2,1-3H3,(H,28,37)(H,32,33,36)/t12-/m0/s1. The van der Waals surface area contributed by atoms with Gasteiger partial charge < -0.3 is 25.0 Å². The van der Waals surface area contributed by atoms with Crippen molar-refractivity contribution in [3.63, 3.8) is 0 Å². The van der Waals surface area contributed by atoms with Crippen molar-refractivity contribution in [1.29, 1.82) is 0 Å². The molecule has 0 radical (unpaired) electrons. The van der Waals surface area contributed by atoms with Crippen LogP contribution in [0.2, 0.25) is 0 Å². The number of carbonyl (C=O) groups excluding carboxylic acids is 2. The molecule has 1 atom stereocenters. The number of anilines is 2. The number of carbonyl (C=O) groups is 2. The minimum absolute atomic E-state index is 0.0283. The number of hydrogen-bond donors (Lipinski definition) is 3. The van der Waals surface area contributed by atoms with Gasteiger partial charge in [0.25, 0.3) is 5.91 Å². The highest BCUT2D eigenvalue weighted by molar-refractivity contribution is 5.99. The summed E-state index contributed by atoms with van der Waals surface area (Å²) in [7, 11) is 1.58. The zero-order valence-electron chi connectivity index (χ0n) is 20.2. The lowest BCUT2D eigenvalue weighted by Gasteiger charge is -2.16. The fourth-order valence-corrected chi connectivity index (χ4v) is 3.35. The van der Waals surface area contributed by atoms with Crippen LogP contribution in [-0.2, 0) is 17.5 Å². The third-order valence-corrected chi connectivity index (χ3v) is 5.24. The van der Waals surface area contributed by atoms with Crippen LogP contribution in [0, 0.1) is 6.92 Å². The molecule has 38 heavy (non-hydrogen) atoms. The molecule has 4 rings (SSSR count). The molecule has 198 valence electrons. The summed E-state index contributed by atoms with van der Waals surface area (Å²) in [6, 6.07) is 0.762. The summed E-state index contributed by atoms with van der Waals surface area (Å²) in [6.45, 7) is 3.38. The van der Waals surface area contributed by atoms with Gasteiger partial charge in [-0.25, -0.2) is 19.9 Å². The monoisotopic (exact) mass is 530 g/mol. The normalized spacial score (nSPS) is 12.2. The van der Waals surface area contributed by atoms with E-state index in [9.17, 15) is 22.8 Å². The van der Waals surface area contributed by atoms with Gasteiger partial charge in [-0.1, -0.05) is 5.16 Å². The van der Waals surface area contributed by atoms with Crippen LogP contribution in [-0.4, -0.2) is 53.5 Å². The first-order chi connectivity index (χ1) is 18.1. The lowest BCUT2D eigenvalue weighted by molar-refractivity contribution is -0.145. The summed E-state index contributed by atoms with van der Waals surface area (Å²) in [4.78, 5) is 44.9. The fraction of sp³-hybridized carbons (Fsp3) is 0.273. The van der Waals surface area contributed by atoms with Gasteiger partial charge in [-0.05, 0) is 13.8 Å². The zero-order chi connectivity index (χ0) is 27.4. The fourth-order valence-electron chi connectivity index (χ4n) is 3.35. The molecule has 0 fully saturated rings. The maximum absolute atomic E-state index is 13.0. The van der Waals surface area contributed by atoms with Gasteiger partial charge in [0.1, 0.15) is 17.5 Å². The minimum Gasteiger partial charge on any atom is -0.371 e. The van der Waals surface area contributed by atoms with Crippen molar-refractivity contribution in [3.8, 4) is 11.3 Å². The minimum atomic E-state index is -4.68. The first-order valence-electron chi connectivity index (χ1n) is 11.0.